The lowest BCUT2D eigenvalue weighted by Crippen LogP contribution is -2.14. The van der Waals surface area contributed by atoms with Crippen molar-refractivity contribution in [1.82, 2.24) is 4.98 Å². The van der Waals surface area contributed by atoms with Crippen molar-refractivity contribution in [2.45, 2.75) is 33.6 Å². The van der Waals surface area contributed by atoms with Gasteiger partial charge in [0, 0.05) is 6.07 Å². The molecular formula is C20H22N2O5. The molecule has 27 heavy (non-hydrogen) atoms. The van der Waals surface area contributed by atoms with Gasteiger partial charge in [0.25, 0.3) is 0 Å². The maximum absolute atomic E-state index is 13.0. The molecule has 0 saturated carbocycles. The Labute approximate surface area is 156 Å². The maximum Gasteiger partial charge on any atom is 0.342 e. The normalized spacial score (nSPS) is 11.3. The van der Waals surface area contributed by atoms with Crippen LogP contribution >= 0.6 is 0 Å². The molecule has 3 rings (SSSR count). The second kappa shape index (κ2) is 7.75. The molecule has 1 N–H and O–H groups in total. The molecule has 0 aliphatic heterocycles. The number of esters is 1. The van der Waals surface area contributed by atoms with Gasteiger partial charge in [-0.15, -0.1) is 0 Å². The number of anilines is 1. The highest BCUT2D eigenvalue weighted by molar-refractivity contribution is 5.99. The molecule has 2 aromatic heterocycles. The fourth-order valence-corrected chi connectivity index (χ4v) is 2.74. The summed E-state index contributed by atoms with van der Waals surface area (Å²) in [6, 6.07) is 6.97. The van der Waals surface area contributed by atoms with E-state index in [4.69, 9.17) is 14.0 Å². The van der Waals surface area contributed by atoms with E-state index in [1.165, 1.54) is 6.07 Å². The van der Waals surface area contributed by atoms with Crippen molar-refractivity contribution in [2.75, 3.05) is 18.7 Å². The Kier molecular flexibility index (Phi) is 5.41. The van der Waals surface area contributed by atoms with Crippen molar-refractivity contribution in [3.63, 3.8) is 0 Å². The third-order valence-electron chi connectivity index (χ3n) is 4.15. The second-order valence-corrected chi connectivity index (χ2v) is 6.33. The number of nitrogens with zero attached hydrogens (tertiary/aromatic N) is 1. The molecule has 0 atom stereocenters. The number of hydrogen-bond donors (Lipinski definition) is 1. The predicted molar refractivity (Wildman–Crippen MR) is 103 cm³/mol. The molecule has 0 aliphatic carbocycles. The van der Waals surface area contributed by atoms with Crippen LogP contribution in [0.2, 0.25) is 0 Å². The second-order valence-electron chi connectivity index (χ2n) is 6.33. The SMILES string of the molecule is CCONc1nc2c(=O)c3cc(C(C)C)ccc3oc2cc1C(=O)OCC. The van der Waals surface area contributed by atoms with Crippen LogP contribution in [0.5, 0.6) is 0 Å². The number of carbonyl (C=O) groups excluding carboxylic acids is 1. The zero-order valence-electron chi connectivity index (χ0n) is 15.8. The topological polar surface area (TPSA) is 90.7 Å². The standard InChI is InChI=1S/C20H22N2O5/c1-5-25-20(24)14-10-16-17(21-19(14)22-26-6-2)18(23)13-9-12(11(3)4)7-8-15(13)27-16/h7-11H,5-6H2,1-4H3,(H,21,22). The van der Waals surface area contributed by atoms with Gasteiger partial charge in [0.15, 0.2) is 16.9 Å². The van der Waals surface area contributed by atoms with E-state index < -0.39 is 5.97 Å². The number of aromatic nitrogens is 1. The van der Waals surface area contributed by atoms with Gasteiger partial charge in [-0.25, -0.2) is 15.3 Å². The fraction of sp³-hybridized carbons (Fsp3) is 0.350. The number of fused-ring (bicyclic) bond motifs is 2. The van der Waals surface area contributed by atoms with Gasteiger partial charge < -0.3 is 9.15 Å². The molecule has 7 heteroatoms. The van der Waals surface area contributed by atoms with Crippen molar-refractivity contribution >= 4 is 33.9 Å². The summed E-state index contributed by atoms with van der Waals surface area (Å²) in [6.45, 7) is 8.17. The van der Waals surface area contributed by atoms with E-state index in [2.05, 4.69) is 24.3 Å². The minimum atomic E-state index is -0.577. The summed E-state index contributed by atoms with van der Waals surface area (Å²) in [5.74, 6) is -0.180. The molecule has 142 valence electrons. The summed E-state index contributed by atoms with van der Waals surface area (Å²) in [5.41, 5.74) is 4.30. The van der Waals surface area contributed by atoms with E-state index in [1.807, 2.05) is 12.1 Å². The van der Waals surface area contributed by atoms with Crippen LogP contribution in [0.1, 0.15) is 49.5 Å². The maximum atomic E-state index is 13.0. The van der Waals surface area contributed by atoms with E-state index in [9.17, 15) is 9.59 Å². The molecule has 0 fully saturated rings. The minimum Gasteiger partial charge on any atom is -0.462 e. The van der Waals surface area contributed by atoms with E-state index in [1.54, 1.807) is 19.9 Å². The summed E-state index contributed by atoms with van der Waals surface area (Å²) < 4.78 is 10.9. The van der Waals surface area contributed by atoms with Crippen molar-refractivity contribution in [3.05, 3.63) is 45.6 Å². The summed E-state index contributed by atoms with van der Waals surface area (Å²) in [7, 11) is 0. The average Bonchev–Trinajstić information content (AvgIpc) is 2.66. The van der Waals surface area contributed by atoms with Crippen LogP contribution in [0.15, 0.2) is 33.5 Å². The minimum absolute atomic E-state index is 0.120. The fourth-order valence-electron chi connectivity index (χ4n) is 2.74. The van der Waals surface area contributed by atoms with Gasteiger partial charge in [0.2, 0.25) is 5.43 Å². The Balaban J connectivity index is 2.27. The molecule has 0 amide bonds. The Morgan fingerprint density at radius 2 is 1.96 bits per heavy atom. The number of hydrogen-bond acceptors (Lipinski definition) is 7. The number of carbonyl (C=O) groups is 1. The summed E-state index contributed by atoms with van der Waals surface area (Å²) in [5, 5.41) is 0.451. The highest BCUT2D eigenvalue weighted by Crippen LogP contribution is 2.25. The van der Waals surface area contributed by atoms with Gasteiger partial charge in [-0.3, -0.25) is 9.63 Å². The smallest absolute Gasteiger partial charge is 0.342 e. The molecule has 1 aromatic carbocycles. The van der Waals surface area contributed by atoms with E-state index in [-0.39, 0.29) is 40.4 Å². The van der Waals surface area contributed by atoms with Gasteiger partial charge in [-0.05, 0) is 37.5 Å². The number of nitrogens with one attached hydrogen (secondary N) is 1. The molecule has 7 nitrogen and oxygen atoms in total. The zero-order valence-corrected chi connectivity index (χ0v) is 15.8. The number of pyridine rings is 1. The lowest BCUT2D eigenvalue weighted by atomic mass is 10.0. The predicted octanol–water partition coefficient (Wildman–Crippen LogP) is 4.00. The molecule has 0 spiro atoms. The van der Waals surface area contributed by atoms with Gasteiger partial charge in [-0.1, -0.05) is 19.9 Å². The van der Waals surface area contributed by atoms with Crippen LogP contribution < -0.4 is 10.9 Å². The van der Waals surface area contributed by atoms with Crippen molar-refractivity contribution < 1.29 is 18.8 Å². The lowest BCUT2D eigenvalue weighted by molar-refractivity contribution is 0.0525. The molecular weight excluding hydrogens is 348 g/mol. The summed E-state index contributed by atoms with van der Waals surface area (Å²) in [4.78, 5) is 34.7. The Morgan fingerprint density at radius 1 is 1.19 bits per heavy atom. The first-order valence-corrected chi connectivity index (χ1v) is 8.92. The number of benzene rings is 1. The molecule has 3 aromatic rings. The van der Waals surface area contributed by atoms with E-state index in [0.717, 1.165) is 5.56 Å². The first kappa shape index (κ1) is 18.8. The van der Waals surface area contributed by atoms with Crippen LogP contribution in [-0.2, 0) is 9.57 Å². The van der Waals surface area contributed by atoms with Gasteiger partial charge in [0.05, 0.1) is 18.6 Å². The largest absolute Gasteiger partial charge is 0.462 e. The van der Waals surface area contributed by atoms with E-state index >= 15 is 0 Å². The monoisotopic (exact) mass is 370 g/mol. The highest BCUT2D eigenvalue weighted by Gasteiger charge is 2.19. The van der Waals surface area contributed by atoms with Crippen LogP contribution in [0.4, 0.5) is 5.82 Å². The molecule has 0 radical (unpaired) electrons. The Bertz CT molecular complexity index is 1060. The van der Waals surface area contributed by atoms with Gasteiger partial charge in [-0.2, -0.15) is 0 Å². The molecule has 0 bridgehead atoms. The number of rotatable bonds is 6. The third kappa shape index (κ3) is 3.64. The average molecular weight is 370 g/mol. The third-order valence-corrected chi connectivity index (χ3v) is 4.15. The Morgan fingerprint density at radius 3 is 2.63 bits per heavy atom. The summed E-state index contributed by atoms with van der Waals surface area (Å²) in [6.07, 6.45) is 0. The van der Waals surface area contributed by atoms with Crippen molar-refractivity contribution in [1.29, 1.82) is 0 Å². The molecule has 2 heterocycles. The highest BCUT2D eigenvalue weighted by atomic mass is 16.6. The first-order valence-electron chi connectivity index (χ1n) is 8.92. The molecule has 0 unspecified atom stereocenters. The lowest BCUT2D eigenvalue weighted by Gasteiger charge is -2.11. The Hall–Kier alpha value is -2.93. The van der Waals surface area contributed by atoms with Crippen molar-refractivity contribution in [3.8, 4) is 0 Å². The molecule has 0 saturated heterocycles. The quantitative estimate of drug-likeness (QED) is 0.398. The van der Waals surface area contributed by atoms with Crippen LogP contribution in [-0.4, -0.2) is 24.2 Å². The van der Waals surface area contributed by atoms with Crippen LogP contribution in [0, 0.1) is 0 Å². The van der Waals surface area contributed by atoms with Crippen LogP contribution in [0.3, 0.4) is 0 Å². The molecule has 0 aliphatic rings. The van der Waals surface area contributed by atoms with Gasteiger partial charge >= 0.3 is 5.97 Å². The zero-order chi connectivity index (χ0) is 19.6. The van der Waals surface area contributed by atoms with Gasteiger partial charge in [0.1, 0.15) is 11.1 Å². The van der Waals surface area contributed by atoms with Crippen LogP contribution in [0.25, 0.3) is 22.1 Å². The van der Waals surface area contributed by atoms with E-state index in [0.29, 0.717) is 17.6 Å². The summed E-state index contributed by atoms with van der Waals surface area (Å²) >= 11 is 0. The first-order chi connectivity index (χ1) is 13.0. The van der Waals surface area contributed by atoms with Crippen molar-refractivity contribution in [2.24, 2.45) is 0 Å². The number of ether oxygens (including phenoxy) is 1.